The minimum absolute atomic E-state index is 0.0589. The van der Waals surface area contributed by atoms with Crippen LogP contribution in [0.4, 0.5) is 0 Å². The van der Waals surface area contributed by atoms with Crippen LogP contribution < -0.4 is 0 Å². The normalized spacial score (nSPS) is 26.8. The van der Waals surface area contributed by atoms with Crippen molar-refractivity contribution in [1.29, 1.82) is 0 Å². The van der Waals surface area contributed by atoms with Crippen molar-refractivity contribution < 1.29 is 8.42 Å². The number of hydrogen-bond donors (Lipinski definition) is 0. The highest BCUT2D eigenvalue weighted by atomic mass is 32.2. The molecule has 2 aliphatic rings. The lowest BCUT2D eigenvalue weighted by Crippen LogP contribution is -2.42. The van der Waals surface area contributed by atoms with Crippen molar-refractivity contribution in [2.75, 3.05) is 0 Å². The van der Waals surface area contributed by atoms with E-state index in [1.54, 1.807) is 10.4 Å². The van der Waals surface area contributed by atoms with Crippen molar-refractivity contribution in [1.82, 2.24) is 4.31 Å². The van der Waals surface area contributed by atoms with Gasteiger partial charge in [0.25, 0.3) is 0 Å². The predicted molar refractivity (Wildman–Crippen MR) is 75.5 cm³/mol. The fraction of sp³-hybridized carbons (Fsp3) is 0.467. The molecule has 0 radical (unpaired) electrons. The Bertz CT molecular complexity index is 634. The first kappa shape index (κ1) is 12.9. The van der Waals surface area contributed by atoms with Gasteiger partial charge in [-0.1, -0.05) is 24.3 Å². The van der Waals surface area contributed by atoms with E-state index in [4.69, 9.17) is 0 Å². The summed E-state index contributed by atoms with van der Waals surface area (Å²) in [5.41, 5.74) is 1.82. The fourth-order valence-corrected chi connectivity index (χ4v) is 5.31. The van der Waals surface area contributed by atoms with E-state index in [0.29, 0.717) is 4.90 Å². The van der Waals surface area contributed by atoms with Gasteiger partial charge in [0.1, 0.15) is 0 Å². The molecule has 0 N–H and O–H groups in total. The summed E-state index contributed by atoms with van der Waals surface area (Å²) in [6, 6.07) is 5.86. The lowest BCUT2D eigenvalue weighted by molar-refractivity contribution is 0.341. The number of hydrogen-bond acceptors (Lipinski definition) is 2. The van der Waals surface area contributed by atoms with Gasteiger partial charge in [-0.3, -0.25) is 0 Å². The van der Waals surface area contributed by atoms with Gasteiger partial charge in [0.2, 0.25) is 10.0 Å². The largest absolute Gasteiger partial charge is 0.244 e. The van der Waals surface area contributed by atoms with Crippen LogP contribution in [0.2, 0.25) is 0 Å². The summed E-state index contributed by atoms with van der Waals surface area (Å²) in [5, 5.41) is 0. The number of aryl methyl sites for hydroxylation is 2. The molecule has 2 heterocycles. The van der Waals surface area contributed by atoms with Crippen LogP contribution in [0.5, 0.6) is 0 Å². The first-order chi connectivity index (χ1) is 9.00. The van der Waals surface area contributed by atoms with E-state index in [1.165, 1.54) is 0 Å². The van der Waals surface area contributed by atoms with E-state index in [1.807, 2.05) is 32.1 Å². The summed E-state index contributed by atoms with van der Waals surface area (Å²) in [5.74, 6) is 0. The van der Waals surface area contributed by atoms with Crippen molar-refractivity contribution in [2.24, 2.45) is 0 Å². The second-order valence-corrected chi connectivity index (χ2v) is 7.38. The van der Waals surface area contributed by atoms with E-state index >= 15 is 0 Å². The molecule has 0 spiro atoms. The third kappa shape index (κ3) is 2.03. The lowest BCUT2D eigenvalue weighted by atomic mass is 10.2. The summed E-state index contributed by atoms with van der Waals surface area (Å²) in [4.78, 5) is 0.472. The van der Waals surface area contributed by atoms with Crippen LogP contribution in [0.25, 0.3) is 0 Å². The summed E-state index contributed by atoms with van der Waals surface area (Å²) >= 11 is 0. The molecule has 2 aliphatic heterocycles. The Morgan fingerprint density at radius 2 is 2.00 bits per heavy atom. The van der Waals surface area contributed by atoms with Gasteiger partial charge in [-0.05, 0) is 50.3 Å². The standard InChI is InChI=1S/C15H19NO2S/c1-11-6-7-12(2)15(10-11)19(17,18)16-13-4-3-5-14(16)9-8-13/h3-4,6-7,10,13-14H,5,8-9H2,1-2H3. The zero-order chi connectivity index (χ0) is 13.6. The zero-order valence-electron chi connectivity index (χ0n) is 11.3. The molecule has 1 aromatic carbocycles. The van der Waals surface area contributed by atoms with Crippen molar-refractivity contribution in [2.45, 2.75) is 50.1 Å². The van der Waals surface area contributed by atoms with Crippen molar-refractivity contribution in [3.05, 3.63) is 41.5 Å². The Kier molecular flexibility index (Phi) is 3.02. The maximum absolute atomic E-state index is 12.9. The highest BCUT2D eigenvalue weighted by Crippen LogP contribution is 2.37. The average Bonchev–Trinajstić information content (AvgIpc) is 2.64. The minimum Gasteiger partial charge on any atom is -0.207 e. The van der Waals surface area contributed by atoms with Gasteiger partial charge in [-0.15, -0.1) is 0 Å². The van der Waals surface area contributed by atoms with Gasteiger partial charge in [-0.2, -0.15) is 4.31 Å². The lowest BCUT2D eigenvalue weighted by Gasteiger charge is -2.30. The average molecular weight is 277 g/mol. The Morgan fingerprint density at radius 3 is 2.74 bits per heavy atom. The first-order valence-electron chi connectivity index (χ1n) is 6.77. The van der Waals surface area contributed by atoms with Crippen LogP contribution in [0.1, 0.15) is 30.4 Å². The number of benzene rings is 1. The number of sulfonamides is 1. The first-order valence-corrected chi connectivity index (χ1v) is 8.21. The molecular weight excluding hydrogens is 258 g/mol. The molecule has 1 fully saturated rings. The third-order valence-corrected chi connectivity index (χ3v) is 6.27. The molecule has 2 bridgehead atoms. The summed E-state index contributed by atoms with van der Waals surface area (Å²) in [7, 11) is -3.37. The second kappa shape index (κ2) is 4.46. The van der Waals surface area contributed by atoms with Crippen LogP contribution in [-0.2, 0) is 10.0 Å². The van der Waals surface area contributed by atoms with Gasteiger partial charge >= 0.3 is 0 Å². The smallest absolute Gasteiger partial charge is 0.207 e. The number of fused-ring (bicyclic) bond motifs is 2. The van der Waals surface area contributed by atoms with E-state index in [-0.39, 0.29) is 12.1 Å². The van der Waals surface area contributed by atoms with Gasteiger partial charge in [0, 0.05) is 12.1 Å². The molecule has 0 aromatic heterocycles. The van der Waals surface area contributed by atoms with Crippen molar-refractivity contribution in [3.8, 4) is 0 Å². The maximum atomic E-state index is 12.9. The Hall–Kier alpha value is -1.13. The molecule has 19 heavy (non-hydrogen) atoms. The third-order valence-electron chi connectivity index (χ3n) is 4.15. The molecule has 0 amide bonds. The summed E-state index contributed by atoms with van der Waals surface area (Å²) in [6.45, 7) is 3.80. The molecule has 0 aliphatic carbocycles. The second-order valence-electron chi connectivity index (χ2n) is 5.57. The van der Waals surface area contributed by atoms with E-state index in [2.05, 4.69) is 6.08 Å². The van der Waals surface area contributed by atoms with Gasteiger partial charge in [0.15, 0.2) is 0 Å². The molecule has 4 heteroatoms. The molecule has 1 aromatic rings. The number of nitrogens with zero attached hydrogens (tertiary/aromatic N) is 1. The highest BCUT2D eigenvalue weighted by molar-refractivity contribution is 7.89. The van der Waals surface area contributed by atoms with E-state index in [9.17, 15) is 8.42 Å². The van der Waals surface area contributed by atoms with Crippen LogP contribution in [0.3, 0.4) is 0 Å². The fourth-order valence-electron chi connectivity index (χ4n) is 3.16. The maximum Gasteiger partial charge on any atom is 0.244 e. The van der Waals surface area contributed by atoms with Crippen molar-refractivity contribution in [3.63, 3.8) is 0 Å². The molecule has 3 nitrogen and oxygen atoms in total. The Balaban J connectivity index is 2.08. The monoisotopic (exact) mass is 277 g/mol. The summed E-state index contributed by atoms with van der Waals surface area (Å²) in [6.07, 6.45) is 6.94. The summed E-state index contributed by atoms with van der Waals surface area (Å²) < 4.78 is 27.6. The van der Waals surface area contributed by atoms with E-state index < -0.39 is 10.0 Å². The molecule has 0 saturated carbocycles. The van der Waals surface area contributed by atoms with Crippen molar-refractivity contribution >= 4 is 10.0 Å². The SMILES string of the molecule is Cc1ccc(C)c(S(=O)(=O)N2C3C=CCC2CC3)c1. The zero-order valence-corrected chi connectivity index (χ0v) is 12.2. The molecule has 102 valence electrons. The molecular formula is C15H19NO2S. The van der Waals surface area contributed by atoms with Crippen LogP contribution in [0.15, 0.2) is 35.2 Å². The van der Waals surface area contributed by atoms with Gasteiger partial charge in [-0.25, -0.2) is 8.42 Å². The van der Waals surface area contributed by atoms with Gasteiger partial charge < -0.3 is 0 Å². The van der Waals surface area contributed by atoms with Crippen LogP contribution >= 0.6 is 0 Å². The van der Waals surface area contributed by atoms with Crippen LogP contribution in [-0.4, -0.2) is 24.8 Å². The highest BCUT2D eigenvalue weighted by Gasteiger charge is 2.42. The van der Waals surface area contributed by atoms with Gasteiger partial charge in [0.05, 0.1) is 4.90 Å². The Morgan fingerprint density at radius 1 is 1.21 bits per heavy atom. The molecule has 2 atom stereocenters. The topological polar surface area (TPSA) is 37.4 Å². The minimum atomic E-state index is -3.37. The molecule has 1 saturated heterocycles. The quantitative estimate of drug-likeness (QED) is 0.780. The molecule has 2 unspecified atom stereocenters. The Labute approximate surface area is 115 Å². The van der Waals surface area contributed by atoms with Crippen LogP contribution in [0, 0.1) is 13.8 Å². The molecule has 3 rings (SSSR count). The predicted octanol–water partition coefficient (Wildman–Crippen LogP) is 2.79. The van der Waals surface area contributed by atoms with E-state index in [0.717, 1.165) is 30.4 Å². The number of rotatable bonds is 2.